The lowest BCUT2D eigenvalue weighted by molar-refractivity contribution is -0.0372. The van der Waals surface area contributed by atoms with Crippen LogP contribution in [0.5, 0.6) is 0 Å². The van der Waals surface area contributed by atoms with Crippen LogP contribution in [0.4, 0.5) is 14.5 Å². The highest BCUT2D eigenvalue weighted by atomic mass is 79.9. The number of alkyl halides is 2. The lowest BCUT2D eigenvalue weighted by atomic mass is 10.2. The van der Waals surface area contributed by atoms with Crippen molar-refractivity contribution >= 4 is 21.6 Å². The number of rotatable bonds is 4. The summed E-state index contributed by atoms with van der Waals surface area (Å²) in [6.45, 7) is -1.85. The molecule has 16 heavy (non-hydrogen) atoms. The first-order chi connectivity index (χ1) is 7.48. The predicted octanol–water partition coefficient (Wildman–Crippen LogP) is 2.36. The second-order valence-electron chi connectivity index (χ2n) is 3.17. The molecule has 0 amide bonds. The number of halogens is 3. The summed E-state index contributed by atoms with van der Waals surface area (Å²) < 4.78 is 26.0. The monoisotopic (exact) mass is 290 g/mol. The maximum Gasteiger partial charge on any atom is 0.287 e. The van der Waals surface area contributed by atoms with E-state index in [1.54, 1.807) is 0 Å². The van der Waals surface area contributed by atoms with E-state index in [1.165, 1.54) is 18.2 Å². The second-order valence-corrected chi connectivity index (χ2v) is 4.03. The first kappa shape index (κ1) is 12.9. The Morgan fingerprint density at radius 3 is 2.69 bits per heavy atom. The molecule has 1 aromatic rings. The fraction of sp³-hybridized carbons (Fsp3) is 0.300. The van der Waals surface area contributed by atoms with E-state index in [-0.39, 0.29) is 0 Å². The zero-order chi connectivity index (χ0) is 12.2. The standard InChI is InChI=1S/C10H9BrF2N2O/c11-9-3-8(2-1-7(9)4-14)15-5-10(12,13)6-16/h1-3,15-16H,5-6H2. The minimum absolute atomic E-state index is 0.430. The van der Waals surface area contributed by atoms with E-state index in [0.29, 0.717) is 15.7 Å². The number of nitrogens with zero attached hydrogens (tertiary/aromatic N) is 1. The third kappa shape index (κ3) is 3.43. The van der Waals surface area contributed by atoms with Crippen LogP contribution in [0.3, 0.4) is 0 Å². The van der Waals surface area contributed by atoms with E-state index < -0.39 is 19.1 Å². The van der Waals surface area contributed by atoms with Crippen LogP contribution >= 0.6 is 15.9 Å². The number of aliphatic hydroxyl groups is 1. The van der Waals surface area contributed by atoms with Gasteiger partial charge in [0.1, 0.15) is 12.7 Å². The third-order valence-electron chi connectivity index (χ3n) is 1.87. The molecule has 1 aromatic carbocycles. The van der Waals surface area contributed by atoms with Gasteiger partial charge in [-0.3, -0.25) is 0 Å². The van der Waals surface area contributed by atoms with Gasteiger partial charge in [-0.1, -0.05) is 0 Å². The van der Waals surface area contributed by atoms with Gasteiger partial charge in [-0.05, 0) is 34.1 Å². The molecule has 0 heterocycles. The van der Waals surface area contributed by atoms with Gasteiger partial charge < -0.3 is 10.4 Å². The minimum atomic E-state index is -3.15. The Bertz CT molecular complexity index is 418. The molecule has 86 valence electrons. The van der Waals surface area contributed by atoms with Gasteiger partial charge >= 0.3 is 0 Å². The average molecular weight is 291 g/mol. The molecule has 0 saturated heterocycles. The van der Waals surface area contributed by atoms with Gasteiger partial charge in [0.25, 0.3) is 5.92 Å². The Hall–Kier alpha value is -1.19. The van der Waals surface area contributed by atoms with Crippen LogP contribution in [0.2, 0.25) is 0 Å². The van der Waals surface area contributed by atoms with Crippen molar-refractivity contribution in [3.63, 3.8) is 0 Å². The molecule has 1 rings (SSSR count). The number of benzene rings is 1. The molecule has 0 fully saturated rings. The topological polar surface area (TPSA) is 56.0 Å². The molecule has 0 spiro atoms. The summed E-state index contributed by atoms with van der Waals surface area (Å²) in [7, 11) is 0. The van der Waals surface area contributed by atoms with Crippen molar-refractivity contribution in [3.05, 3.63) is 28.2 Å². The lowest BCUT2D eigenvalue weighted by Crippen LogP contribution is -2.30. The van der Waals surface area contributed by atoms with Gasteiger partial charge in [-0.25, -0.2) is 8.78 Å². The van der Waals surface area contributed by atoms with Crippen molar-refractivity contribution in [2.45, 2.75) is 5.92 Å². The average Bonchev–Trinajstić information content (AvgIpc) is 2.27. The van der Waals surface area contributed by atoms with Crippen LogP contribution in [0.15, 0.2) is 22.7 Å². The van der Waals surface area contributed by atoms with E-state index in [2.05, 4.69) is 21.2 Å². The Morgan fingerprint density at radius 2 is 2.19 bits per heavy atom. The molecule has 3 nitrogen and oxygen atoms in total. The molecule has 6 heteroatoms. The fourth-order valence-electron chi connectivity index (χ4n) is 1.00. The summed E-state index contributed by atoms with van der Waals surface area (Å²) in [5, 5.41) is 19.5. The SMILES string of the molecule is N#Cc1ccc(NCC(F)(F)CO)cc1Br. The Kier molecular flexibility index (Phi) is 4.21. The molecule has 0 unspecified atom stereocenters. The maximum absolute atomic E-state index is 12.7. The highest BCUT2D eigenvalue weighted by Crippen LogP contribution is 2.22. The van der Waals surface area contributed by atoms with E-state index in [0.717, 1.165) is 0 Å². The number of nitrogens with one attached hydrogen (secondary N) is 1. The maximum atomic E-state index is 12.7. The van der Waals surface area contributed by atoms with Crippen molar-refractivity contribution < 1.29 is 13.9 Å². The zero-order valence-corrected chi connectivity index (χ0v) is 9.76. The lowest BCUT2D eigenvalue weighted by Gasteiger charge is -2.15. The Morgan fingerprint density at radius 1 is 1.50 bits per heavy atom. The van der Waals surface area contributed by atoms with Gasteiger partial charge in [-0.2, -0.15) is 5.26 Å². The quantitative estimate of drug-likeness (QED) is 0.895. The van der Waals surface area contributed by atoms with Crippen molar-refractivity contribution in [2.24, 2.45) is 0 Å². The van der Waals surface area contributed by atoms with Crippen LogP contribution in [0.25, 0.3) is 0 Å². The molecule has 0 atom stereocenters. The number of hydrogen-bond donors (Lipinski definition) is 2. The molecule has 2 N–H and O–H groups in total. The summed E-state index contributed by atoms with van der Waals surface area (Å²) in [6.07, 6.45) is 0. The van der Waals surface area contributed by atoms with Gasteiger partial charge in [-0.15, -0.1) is 0 Å². The largest absolute Gasteiger partial charge is 0.390 e. The molecule has 0 aromatic heterocycles. The van der Waals surface area contributed by atoms with Gasteiger partial charge in [0.2, 0.25) is 0 Å². The van der Waals surface area contributed by atoms with E-state index in [9.17, 15) is 8.78 Å². The highest BCUT2D eigenvalue weighted by Gasteiger charge is 2.27. The first-order valence-corrected chi connectivity index (χ1v) is 5.20. The number of hydrogen-bond acceptors (Lipinski definition) is 3. The molecular weight excluding hydrogens is 282 g/mol. The first-order valence-electron chi connectivity index (χ1n) is 4.41. The zero-order valence-electron chi connectivity index (χ0n) is 8.17. The molecule has 0 radical (unpaired) electrons. The normalized spacial score (nSPS) is 10.9. The van der Waals surface area contributed by atoms with E-state index in [1.807, 2.05) is 6.07 Å². The van der Waals surface area contributed by atoms with Gasteiger partial charge in [0.05, 0.1) is 12.1 Å². The summed E-state index contributed by atoms with van der Waals surface area (Å²) in [4.78, 5) is 0. The summed E-state index contributed by atoms with van der Waals surface area (Å²) in [5.74, 6) is -3.15. The van der Waals surface area contributed by atoms with E-state index in [4.69, 9.17) is 10.4 Å². The summed E-state index contributed by atoms with van der Waals surface area (Å²) >= 11 is 3.15. The van der Waals surface area contributed by atoms with Crippen LogP contribution in [-0.2, 0) is 0 Å². The smallest absolute Gasteiger partial charge is 0.287 e. The van der Waals surface area contributed by atoms with Crippen LogP contribution in [0.1, 0.15) is 5.56 Å². The molecular formula is C10H9BrF2N2O. The highest BCUT2D eigenvalue weighted by molar-refractivity contribution is 9.10. The van der Waals surface area contributed by atoms with Crippen molar-refractivity contribution in [1.82, 2.24) is 0 Å². The molecule has 0 aliphatic rings. The van der Waals surface area contributed by atoms with Crippen LogP contribution in [-0.4, -0.2) is 24.2 Å². The van der Waals surface area contributed by atoms with Crippen molar-refractivity contribution in [3.8, 4) is 6.07 Å². The Labute approximate surface area is 99.8 Å². The number of nitriles is 1. The second kappa shape index (κ2) is 5.23. The molecule has 0 bridgehead atoms. The number of anilines is 1. The summed E-state index contributed by atoms with van der Waals surface area (Å²) in [5.41, 5.74) is 0.887. The number of aliphatic hydroxyl groups excluding tert-OH is 1. The minimum Gasteiger partial charge on any atom is -0.390 e. The van der Waals surface area contributed by atoms with Gasteiger partial charge in [0.15, 0.2) is 0 Å². The fourth-order valence-corrected chi connectivity index (χ4v) is 1.47. The van der Waals surface area contributed by atoms with E-state index >= 15 is 0 Å². The van der Waals surface area contributed by atoms with Crippen LogP contribution in [0, 0.1) is 11.3 Å². The third-order valence-corrected chi connectivity index (χ3v) is 2.53. The Balaban J connectivity index is 2.70. The summed E-state index contributed by atoms with van der Waals surface area (Å²) in [6, 6.07) is 6.52. The van der Waals surface area contributed by atoms with Crippen molar-refractivity contribution in [1.29, 1.82) is 5.26 Å². The molecule has 0 saturated carbocycles. The predicted molar refractivity (Wildman–Crippen MR) is 59.4 cm³/mol. The molecule has 0 aliphatic heterocycles. The molecule has 0 aliphatic carbocycles. The van der Waals surface area contributed by atoms with Crippen LogP contribution < -0.4 is 5.32 Å². The van der Waals surface area contributed by atoms with Crippen molar-refractivity contribution in [2.75, 3.05) is 18.5 Å². The van der Waals surface area contributed by atoms with Gasteiger partial charge in [0, 0.05) is 10.2 Å².